The Morgan fingerprint density at radius 1 is 0.373 bits per heavy atom. The van der Waals surface area contributed by atoms with Crippen molar-refractivity contribution in [2.75, 3.05) is 13.2 Å². The SMILES string of the molecule is CCCCCCCCCCCCCCCCCCCCCCCCCCCCCCCCCC(O)C(=O)NC(COC1OC(CO)C(O)C(O)C1O)C(O)C(O)CCCCCCCCCCCCCCCCCCCCCCCCCCC. The highest BCUT2D eigenvalue weighted by atomic mass is 16.7. The molecular weight excluding hydrogens is 1040 g/mol. The predicted octanol–water partition coefficient (Wildman–Crippen LogP) is 18.0. The molecule has 1 fully saturated rings. The van der Waals surface area contributed by atoms with Crippen LogP contribution in [0.4, 0.5) is 0 Å². The summed E-state index contributed by atoms with van der Waals surface area (Å²) in [7, 11) is 0. The number of amides is 1. The van der Waals surface area contributed by atoms with E-state index >= 15 is 0 Å². The van der Waals surface area contributed by atoms with Gasteiger partial charge in [-0.05, 0) is 12.8 Å². The molecule has 9 atom stereocenters. The van der Waals surface area contributed by atoms with Crippen LogP contribution in [-0.4, -0.2) is 110 Å². The van der Waals surface area contributed by atoms with E-state index in [0.717, 1.165) is 38.5 Å². The van der Waals surface area contributed by atoms with Crippen molar-refractivity contribution < 1.29 is 50.0 Å². The van der Waals surface area contributed by atoms with Crippen molar-refractivity contribution >= 4 is 5.91 Å². The van der Waals surface area contributed by atoms with E-state index in [0.29, 0.717) is 19.3 Å². The minimum atomic E-state index is -1.66. The Hall–Kier alpha value is -0.890. The highest BCUT2D eigenvalue weighted by Gasteiger charge is 2.44. The van der Waals surface area contributed by atoms with Gasteiger partial charge in [0, 0.05) is 0 Å². The zero-order chi connectivity index (χ0) is 60.3. The van der Waals surface area contributed by atoms with Crippen LogP contribution in [0, 0.1) is 0 Å². The number of aliphatic hydroxyl groups excluding tert-OH is 7. The first kappa shape index (κ1) is 80.1. The number of ether oxygens (including phenoxy) is 2. The normalized spacial score (nSPS) is 18.9. The van der Waals surface area contributed by atoms with Gasteiger partial charge in [-0.15, -0.1) is 0 Å². The largest absolute Gasteiger partial charge is 0.394 e. The molecule has 1 amide bonds. The van der Waals surface area contributed by atoms with Gasteiger partial charge in [-0.1, -0.05) is 373 Å². The number of carbonyl (C=O) groups is 1. The Morgan fingerprint density at radius 2 is 0.627 bits per heavy atom. The van der Waals surface area contributed by atoms with E-state index in [1.54, 1.807) is 0 Å². The van der Waals surface area contributed by atoms with Crippen molar-refractivity contribution in [3.63, 3.8) is 0 Å². The smallest absolute Gasteiger partial charge is 0.249 e. The lowest BCUT2D eigenvalue weighted by Crippen LogP contribution is -2.60. The summed E-state index contributed by atoms with van der Waals surface area (Å²) in [5, 5.41) is 76.6. The summed E-state index contributed by atoms with van der Waals surface area (Å²) in [6.07, 6.45) is 63.4. The van der Waals surface area contributed by atoms with E-state index in [1.807, 2.05) is 0 Å². The van der Waals surface area contributed by atoms with Crippen molar-refractivity contribution in [1.29, 1.82) is 0 Å². The summed E-state index contributed by atoms with van der Waals surface area (Å²) in [5.41, 5.74) is 0. The number of nitrogens with one attached hydrogen (secondary N) is 1. The zero-order valence-electron chi connectivity index (χ0n) is 55.0. The third kappa shape index (κ3) is 48.7. The van der Waals surface area contributed by atoms with Gasteiger partial charge >= 0.3 is 0 Å². The van der Waals surface area contributed by atoms with E-state index in [1.165, 1.54) is 308 Å². The summed E-state index contributed by atoms with van der Waals surface area (Å²) in [5.74, 6) is -0.686. The molecule has 1 aliphatic rings. The molecule has 0 aromatic rings. The molecule has 0 bridgehead atoms. The molecular formula is C72H143NO10. The van der Waals surface area contributed by atoms with Crippen molar-refractivity contribution in [2.45, 2.75) is 441 Å². The maximum absolute atomic E-state index is 13.3. The Labute approximate surface area is 513 Å². The van der Waals surface area contributed by atoms with Gasteiger partial charge in [-0.3, -0.25) is 4.79 Å². The second-order valence-corrected chi connectivity index (χ2v) is 26.4. The lowest BCUT2D eigenvalue weighted by atomic mass is 9.98. The van der Waals surface area contributed by atoms with Gasteiger partial charge in [0.15, 0.2) is 6.29 Å². The number of rotatable bonds is 66. The molecule has 83 heavy (non-hydrogen) atoms. The van der Waals surface area contributed by atoms with Gasteiger partial charge in [0.2, 0.25) is 5.91 Å². The van der Waals surface area contributed by atoms with Gasteiger partial charge in [-0.25, -0.2) is 0 Å². The highest BCUT2D eigenvalue weighted by Crippen LogP contribution is 2.24. The Bertz CT molecular complexity index is 1310. The van der Waals surface area contributed by atoms with Gasteiger partial charge in [0.1, 0.15) is 36.6 Å². The summed E-state index contributed by atoms with van der Waals surface area (Å²) in [4.78, 5) is 13.3. The van der Waals surface area contributed by atoms with Crippen molar-refractivity contribution in [3.8, 4) is 0 Å². The summed E-state index contributed by atoms with van der Waals surface area (Å²) in [6.45, 7) is 3.53. The quantitative estimate of drug-likeness (QED) is 0.0272. The van der Waals surface area contributed by atoms with Crippen molar-refractivity contribution in [1.82, 2.24) is 5.32 Å². The average molecular weight is 1180 g/mol. The molecule has 1 heterocycles. The predicted molar refractivity (Wildman–Crippen MR) is 349 cm³/mol. The standard InChI is InChI=1S/C72H143NO10/c1-3-5-7-9-11-13-15-17-19-21-23-25-27-29-30-31-32-33-34-36-38-40-42-44-46-48-50-52-54-56-58-60-65(76)71(81)73-63(62-82-72-70(80)69(79)68(78)66(61-74)83-72)67(77)64(75)59-57-55-53-51-49-47-45-43-41-39-37-35-28-26-24-22-20-18-16-14-12-10-8-6-4-2/h63-70,72,74-80H,3-62H2,1-2H3,(H,73,81). The van der Waals surface area contributed by atoms with Crippen LogP contribution in [0.2, 0.25) is 0 Å². The molecule has 496 valence electrons. The summed E-state index contributed by atoms with van der Waals surface area (Å²) >= 11 is 0. The maximum atomic E-state index is 13.3. The molecule has 11 nitrogen and oxygen atoms in total. The number of carbonyl (C=O) groups excluding carboxylic acids is 1. The summed E-state index contributed by atoms with van der Waals surface area (Å²) in [6, 6.07) is -1.16. The van der Waals surface area contributed by atoms with Crippen LogP contribution in [0.3, 0.4) is 0 Å². The third-order valence-corrected chi connectivity index (χ3v) is 18.4. The summed E-state index contributed by atoms with van der Waals surface area (Å²) < 4.78 is 11.2. The fraction of sp³-hybridized carbons (Fsp3) is 0.986. The minimum Gasteiger partial charge on any atom is -0.394 e. The van der Waals surface area contributed by atoms with Gasteiger partial charge in [-0.2, -0.15) is 0 Å². The van der Waals surface area contributed by atoms with Gasteiger partial charge < -0.3 is 50.5 Å². The monoisotopic (exact) mass is 1180 g/mol. The molecule has 0 aromatic heterocycles. The van der Waals surface area contributed by atoms with E-state index < -0.39 is 74.2 Å². The molecule has 0 aliphatic carbocycles. The number of hydrogen-bond donors (Lipinski definition) is 8. The Kier molecular flexibility index (Phi) is 59.2. The molecule has 9 unspecified atom stereocenters. The van der Waals surface area contributed by atoms with Crippen molar-refractivity contribution in [2.24, 2.45) is 0 Å². The zero-order valence-corrected chi connectivity index (χ0v) is 55.0. The third-order valence-electron chi connectivity index (χ3n) is 18.4. The fourth-order valence-electron chi connectivity index (χ4n) is 12.5. The molecule has 1 saturated heterocycles. The van der Waals surface area contributed by atoms with E-state index in [-0.39, 0.29) is 6.42 Å². The lowest BCUT2D eigenvalue weighted by molar-refractivity contribution is -0.303. The van der Waals surface area contributed by atoms with Crippen LogP contribution in [0.25, 0.3) is 0 Å². The second-order valence-electron chi connectivity index (χ2n) is 26.4. The number of unbranched alkanes of at least 4 members (excludes halogenated alkanes) is 54. The van der Waals surface area contributed by atoms with E-state index in [4.69, 9.17) is 9.47 Å². The lowest BCUT2D eigenvalue weighted by Gasteiger charge is -2.40. The van der Waals surface area contributed by atoms with Crippen LogP contribution in [0.1, 0.15) is 386 Å². The van der Waals surface area contributed by atoms with Gasteiger partial charge in [0.05, 0.1) is 25.4 Å². The molecule has 0 spiro atoms. The maximum Gasteiger partial charge on any atom is 0.249 e. The van der Waals surface area contributed by atoms with Crippen LogP contribution in [-0.2, 0) is 14.3 Å². The first-order valence-corrected chi connectivity index (χ1v) is 36.9. The van der Waals surface area contributed by atoms with Gasteiger partial charge in [0.25, 0.3) is 0 Å². The second kappa shape index (κ2) is 61.4. The molecule has 8 N–H and O–H groups in total. The van der Waals surface area contributed by atoms with E-state index in [2.05, 4.69) is 19.2 Å². The van der Waals surface area contributed by atoms with E-state index in [9.17, 15) is 40.5 Å². The fourth-order valence-corrected chi connectivity index (χ4v) is 12.5. The first-order valence-electron chi connectivity index (χ1n) is 36.9. The number of hydrogen-bond acceptors (Lipinski definition) is 10. The van der Waals surface area contributed by atoms with Crippen LogP contribution >= 0.6 is 0 Å². The minimum absolute atomic E-state index is 0.268. The Balaban J connectivity index is 2.15. The molecule has 1 aliphatic heterocycles. The molecule has 0 aromatic carbocycles. The molecule has 1 rings (SSSR count). The average Bonchev–Trinajstić information content (AvgIpc) is 3.69. The molecule has 0 radical (unpaired) electrons. The number of aliphatic hydroxyl groups is 7. The Morgan fingerprint density at radius 3 is 0.892 bits per heavy atom. The van der Waals surface area contributed by atoms with Crippen molar-refractivity contribution in [3.05, 3.63) is 0 Å². The first-order chi connectivity index (χ1) is 40.7. The highest BCUT2D eigenvalue weighted by molar-refractivity contribution is 5.80. The van der Waals surface area contributed by atoms with Crippen LogP contribution < -0.4 is 5.32 Å². The molecule has 0 saturated carbocycles. The van der Waals surface area contributed by atoms with Crippen LogP contribution in [0.5, 0.6) is 0 Å². The van der Waals surface area contributed by atoms with Crippen LogP contribution in [0.15, 0.2) is 0 Å². The topological polar surface area (TPSA) is 189 Å². The molecule has 11 heteroatoms.